The van der Waals surface area contributed by atoms with Gasteiger partial charge >= 0.3 is 0 Å². The average Bonchev–Trinajstić information content (AvgIpc) is 2.98. The third-order valence-electron chi connectivity index (χ3n) is 5.84. The number of ketones is 1. The molecule has 0 amide bonds. The number of aryl methyl sites for hydroxylation is 1. The second kappa shape index (κ2) is 5.83. The molecular weight excluding hydrogens is 322 g/mol. The lowest BCUT2D eigenvalue weighted by molar-refractivity contribution is -0.118. The quantitative estimate of drug-likeness (QED) is 0.842. The smallest absolute Gasteiger partial charge is 0.162 e. The van der Waals surface area contributed by atoms with Gasteiger partial charge in [-0.25, -0.2) is 0 Å². The molecule has 4 heteroatoms. The van der Waals surface area contributed by atoms with E-state index < -0.39 is 5.41 Å². The van der Waals surface area contributed by atoms with Gasteiger partial charge in [-0.05, 0) is 30.7 Å². The van der Waals surface area contributed by atoms with Crippen molar-refractivity contribution in [3.63, 3.8) is 0 Å². The molecule has 1 aromatic heterocycles. The summed E-state index contributed by atoms with van der Waals surface area (Å²) in [6.45, 7) is 8.70. The van der Waals surface area contributed by atoms with Crippen molar-refractivity contribution in [2.75, 3.05) is 5.32 Å². The fourth-order valence-electron chi connectivity index (χ4n) is 4.77. The van der Waals surface area contributed by atoms with Crippen LogP contribution in [0.1, 0.15) is 63.8 Å². The van der Waals surface area contributed by atoms with E-state index in [0.717, 1.165) is 53.2 Å². The maximum atomic E-state index is 13.3. The Morgan fingerprint density at radius 3 is 2.54 bits per heavy atom. The van der Waals surface area contributed by atoms with E-state index in [1.807, 2.05) is 6.07 Å². The van der Waals surface area contributed by atoms with Crippen LogP contribution in [0.5, 0.6) is 0 Å². The summed E-state index contributed by atoms with van der Waals surface area (Å²) in [5.41, 5.74) is 4.89. The molecular formula is C22H27N3O. The van der Waals surface area contributed by atoms with E-state index in [-0.39, 0.29) is 11.2 Å². The maximum absolute atomic E-state index is 13.3. The van der Waals surface area contributed by atoms with Crippen LogP contribution in [0.25, 0.3) is 0 Å². The van der Waals surface area contributed by atoms with Gasteiger partial charge in [-0.2, -0.15) is 5.10 Å². The molecule has 2 aromatic rings. The predicted octanol–water partition coefficient (Wildman–Crippen LogP) is 4.74. The largest absolute Gasteiger partial charge is 0.342 e. The highest BCUT2D eigenvalue weighted by Gasteiger charge is 2.49. The number of carbonyl (C=O) groups is 1. The fourth-order valence-corrected chi connectivity index (χ4v) is 4.77. The number of H-pyrrole nitrogens is 1. The molecule has 0 fully saturated rings. The molecule has 1 aromatic carbocycles. The minimum atomic E-state index is -0.470. The number of aromatic amines is 1. The lowest BCUT2D eigenvalue weighted by Gasteiger charge is -2.44. The third-order valence-corrected chi connectivity index (χ3v) is 5.84. The first-order chi connectivity index (χ1) is 12.4. The van der Waals surface area contributed by atoms with Gasteiger partial charge in [0.1, 0.15) is 0 Å². The number of benzene rings is 1. The second-order valence-corrected chi connectivity index (χ2v) is 8.59. The summed E-state index contributed by atoms with van der Waals surface area (Å²) in [5, 5.41) is 11.3. The normalized spacial score (nSPS) is 24.1. The first-order valence-electron chi connectivity index (χ1n) is 9.54. The molecule has 1 aliphatic heterocycles. The molecule has 4 rings (SSSR count). The van der Waals surface area contributed by atoms with Gasteiger partial charge in [0.25, 0.3) is 0 Å². The Labute approximate surface area is 155 Å². The zero-order valence-electron chi connectivity index (χ0n) is 16.1. The highest BCUT2D eigenvalue weighted by atomic mass is 16.1. The molecule has 1 aliphatic carbocycles. The number of nitrogens with one attached hydrogen (secondary N) is 2. The Morgan fingerprint density at radius 1 is 1.12 bits per heavy atom. The van der Waals surface area contributed by atoms with Crippen molar-refractivity contribution in [3.05, 3.63) is 58.4 Å². The number of aromatic nitrogens is 2. The Kier molecular flexibility index (Phi) is 3.83. The number of Topliss-reactive ketones (excluding diaryl/α,β-unsaturated/α-hetero) is 1. The van der Waals surface area contributed by atoms with Crippen LogP contribution >= 0.6 is 0 Å². The van der Waals surface area contributed by atoms with Gasteiger partial charge in [0.05, 0.1) is 5.41 Å². The monoisotopic (exact) mass is 349 g/mol. The van der Waals surface area contributed by atoms with Crippen molar-refractivity contribution >= 4 is 11.6 Å². The van der Waals surface area contributed by atoms with Crippen molar-refractivity contribution < 1.29 is 4.79 Å². The van der Waals surface area contributed by atoms with Crippen LogP contribution in [-0.4, -0.2) is 16.0 Å². The molecule has 1 atom stereocenters. The summed E-state index contributed by atoms with van der Waals surface area (Å²) in [4.78, 5) is 13.3. The summed E-state index contributed by atoms with van der Waals surface area (Å²) in [5.74, 6) is 1.13. The molecule has 0 spiro atoms. The SMILES string of the molecule is CCCc1[nH]nc2c1C(C)(c1ccccc1)C1=C(CC(C)(C)CC1=O)N2. The molecule has 1 unspecified atom stereocenters. The third kappa shape index (κ3) is 2.43. The van der Waals surface area contributed by atoms with Gasteiger partial charge in [0.15, 0.2) is 11.6 Å². The molecule has 0 saturated carbocycles. The molecule has 0 radical (unpaired) electrons. The van der Waals surface area contributed by atoms with Crippen molar-refractivity contribution in [2.24, 2.45) is 5.41 Å². The first-order valence-corrected chi connectivity index (χ1v) is 9.54. The number of nitrogens with zero attached hydrogens (tertiary/aromatic N) is 1. The average molecular weight is 349 g/mol. The fraction of sp³-hybridized carbons (Fsp3) is 0.455. The topological polar surface area (TPSA) is 57.8 Å². The number of hydrogen-bond donors (Lipinski definition) is 2. The zero-order chi connectivity index (χ0) is 18.5. The van der Waals surface area contributed by atoms with Crippen LogP contribution in [0.2, 0.25) is 0 Å². The Hall–Kier alpha value is -2.36. The van der Waals surface area contributed by atoms with Gasteiger partial charge in [-0.3, -0.25) is 9.89 Å². The number of rotatable bonds is 3. The molecule has 0 saturated heterocycles. The van der Waals surface area contributed by atoms with Crippen molar-refractivity contribution in [3.8, 4) is 0 Å². The van der Waals surface area contributed by atoms with Crippen LogP contribution in [0.15, 0.2) is 41.6 Å². The second-order valence-electron chi connectivity index (χ2n) is 8.59. The van der Waals surface area contributed by atoms with Gasteiger partial charge in [0.2, 0.25) is 0 Å². The van der Waals surface area contributed by atoms with E-state index in [2.05, 4.69) is 67.5 Å². The van der Waals surface area contributed by atoms with Crippen molar-refractivity contribution in [1.29, 1.82) is 0 Å². The summed E-state index contributed by atoms with van der Waals surface area (Å²) >= 11 is 0. The van der Waals surface area contributed by atoms with E-state index in [9.17, 15) is 4.79 Å². The summed E-state index contributed by atoms with van der Waals surface area (Å²) < 4.78 is 0. The van der Waals surface area contributed by atoms with Crippen LogP contribution in [-0.2, 0) is 16.6 Å². The Bertz CT molecular complexity index is 891. The highest BCUT2D eigenvalue weighted by Crippen LogP contribution is 2.52. The molecule has 26 heavy (non-hydrogen) atoms. The van der Waals surface area contributed by atoms with Gasteiger partial charge in [-0.1, -0.05) is 57.5 Å². The maximum Gasteiger partial charge on any atom is 0.162 e. The first kappa shape index (κ1) is 17.1. The number of anilines is 1. The zero-order valence-corrected chi connectivity index (χ0v) is 16.1. The van der Waals surface area contributed by atoms with Gasteiger partial charge in [-0.15, -0.1) is 0 Å². The Balaban J connectivity index is 2.00. The molecule has 4 nitrogen and oxygen atoms in total. The van der Waals surface area contributed by atoms with Crippen LogP contribution in [0.3, 0.4) is 0 Å². The lowest BCUT2D eigenvalue weighted by Crippen LogP contribution is -2.42. The van der Waals surface area contributed by atoms with Crippen LogP contribution < -0.4 is 5.32 Å². The minimum absolute atomic E-state index is 0.0272. The van der Waals surface area contributed by atoms with E-state index in [4.69, 9.17) is 0 Å². The number of hydrogen-bond acceptors (Lipinski definition) is 3. The molecule has 2 N–H and O–H groups in total. The van der Waals surface area contributed by atoms with Crippen LogP contribution in [0, 0.1) is 5.41 Å². The molecule has 0 bridgehead atoms. The van der Waals surface area contributed by atoms with Gasteiger partial charge < -0.3 is 5.32 Å². The Morgan fingerprint density at radius 2 is 1.85 bits per heavy atom. The summed E-state index contributed by atoms with van der Waals surface area (Å²) in [6.07, 6.45) is 3.42. The molecule has 2 heterocycles. The number of fused-ring (bicyclic) bond motifs is 1. The highest BCUT2D eigenvalue weighted by molar-refractivity contribution is 6.02. The molecule has 136 valence electrons. The van der Waals surface area contributed by atoms with Crippen molar-refractivity contribution in [2.45, 2.75) is 58.8 Å². The van der Waals surface area contributed by atoms with E-state index in [0.29, 0.717) is 6.42 Å². The number of allylic oxidation sites excluding steroid dienone is 2. The van der Waals surface area contributed by atoms with Crippen LogP contribution in [0.4, 0.5) is 5.82 Å². The minimum Gasteiger partial charge on any atom is -0.342 e. The summed E-state index contributed by atoms with van der Waals surface area (Å²) in [7, 11) is 0. The summed E-state index contributed by atoms with van der Waals surface area (Å²) in [6, 6.07) is 10.4. The molecule has 2 aliphatic rings. The predicted molar refractivity (Wildman–Crippen MR) is 104 cm³/mol. The van der Waals surface area contributed by atoms with E-state index in [1.54, 1.807) is 0 Å². The standard InChI is InChI=1S/C22H27N3O/c1-5-9-15-19-20(25-24-15)23-16-12-21(2,3)13-17(26)18(16)22(19,4)14-10-7-6-8-11-14/h6-8,10-11H,5,9,12-13H2,1-4H3,(H2,23,24,25). The van der Waals surface area contributed by atoms with Gasteiger partial charge in [0, 0.05) is 28.9 Å². The lowest BCUT2D eigenvalue weighted by atomic mass is 9.61. The number of carbonyl (C=O) groups excluding carboxylic acids is 1. The van der Waals surface area contributed by atoms with Crippen molar-refractivity contribution in [1.82, 2.24) is 10.2 Å². The van der Waals surface area contributed by atoms with E-state index in [1.165, 1.54) is 0 Å². The van der Waals surface area contributed by atoms with E-state index >= 15 is 0 Å².